The summed E-state index contributed by atoms with van der Waals surface area (Å²) in [5, 5.41) is 5.15. The van der Waals surface area contributed by atoms with Crippen molar-refractivity contribution in [2.45, 2.75) is 5.72 Å². The molecule has 2 rings (SSSR count). The number of benzene rings is 1. The fourth-order valence-electron chi connectivity index (χ4n) is 1.70. The van der Waals surface area contributed by atoms with Gasteiger partial charge in [0, 0.05) is 10.6 Å². The maximum Gasteiger partial charge on any atom is 0.324 e. The number of urea groups is 1. The van der Waals surface area contributed by atoms with E-state index in [9.17, 15) is 9.59 Å². The van der Waals surface area contributed by atoms with Gasteiger partial charge in [-0.05, 0) is 12.1 Å². The summed E-state index contributed by atoms with van der Waals surface area (Å²) in [5.74, 6) is -0.559. The van der Waals surface area contributed by atoms with Crippen molar-refractivity contribution in [1.82, 2.24) is 10.6 Å². The SMILES string of the molecule is C=CCOC1(c2ccc(Cl)cc2)NC(=O)NC1=O. The Labute approximate surface area is 109 Å². The molecule has 1 aliphatic heterocycles. The van der Waals surface area contributed by atoms with Gasteiger partial charge in [-0.15, -0.1) is 6.58 Å². The zero-order valence-electron chi connectivity index (χ0n) is 9.40. The van der Waals surface area contributed by atoms with Crippen LogP contribution in [0, 0.1) is 0 Å². The fourth-order valence-corrected chi connectivity index (χ4v) is 1.82. The van der Waals surface area contributed by atoms with E-state index in [1.54, 1.807) is 24.3 Å². The molecule has 1 aliphatic rings. The number of rotatable bonds is 4. The summed E-state index contributed by atoms with van der Waals surface area (Å²) in [4.78, 5) is 23.2. The molecule has 3 amide bonds. The molecule has 5 nitrogen and oxygen atoms in total. The second-order valence-electron chi connectivity index (χ2n) is 3.70. The number of hydrogen-bond donors (Lipinski definition) is 2. The Kier molecular flexibility index (Phi) is 3.36. The predicted molar refractivity (Wildman–Crippen MR) is 66.0 cm³/mol. The normalized spacial score (nSPS) is 22.5. The summed E-state index contributed by atoms with van der Waals surface area (Å²) in [6.07, 6.45) is 1.50. The first-order valence-electron chi connectivity index (χ1n) is 5.23. The number of imide groups is 1. The van der Waals surface area contributed by atoms with E-state index < -0.39 is 17.7 Å². The first-order chi connectivity index (χ1) is 8.58. The van der Waals surface area contributed by atoms with Crippen LogP contribution in [0.5, 0.6) is 0 Å². The van der Waals surface area contributed by atoms with E-state index >= 15 is 0 Å². The van der Waals surface area contributed by atoms with Crippen LogP contribution in [-0.4, -0.2) is 18.5 Å². The zero-order chi connectivity index (χ0) is 13.2. The highest BCUT2D eigenvalue weighted by molar-refractivity contribution is 6.30. The van der Waals surface area contributed by atoms with Gasteiger partial charge in [-0.2, -0.15) is 0 Å². The average molecular weight is 267 g/mol. The van der Waals surface area contributed by atoms with Crippen LogP contribution < -0.4 is 10.6 Å². The van der Waals surface area contributed by atoms with Crippen LogP contribution in [0.25, 0.3) is 0 Å². The van der Waals surface area contributed by atoms with Gasteiger partial charge in [-0.3, -0.25) is 15.4 Å². The highest BCUT2D eigenvalue weighted by Crippen LogP contribution is 2.27. The molecule has 1 aromatic rings. The molecule has 2 N–H and O–H groups in total. The molecule has 0 bridgehead atoms. The molecular weight excluding hydrogens is 256 g/mol. The molecule has 94 valence electrons. The van der Waals surface area contributed by atoms with E-state index in [2.05, 4.69) is 17.2 Å². The standard InChI is InChI=1S/C12H11ClN2O3/c1-2-7-18-12(10(16)14-11(17)15-12)8-3-5-9(13)6-4-8/h2-6H,1,7H2,(H2,14,15,16,17). The van der Waals surface area contributed by atoms with Crippen LogP contribution in [0.3, 0.4) is 0 Å². The molecule has 0 radical (unpaired) electrons. The van der Waals surface area contributed by atoms with Crippen molar-refractivity contribution in [3.8, 4) is 0 Å². The minimum absolute atomic E-state index is 0.121. The molecule has 0 aromatic heterocycles. The Morgan fingerprint density at radius 2 is 2.00 bits per heavy atom. The van der Waals surface area contributed by atoms with Crippen molar-refractivity contribution >= 4 is 23.5 Å². The summed E-state index contributed by atoms with van der Waals surface area (Å²) in [7, 11) is 0. The number of hydrogen-bond acceptors (Lipinski definition) is 3. The summed E-state index contributed by atoms with van der Waals surface area (Å²) >= 11 is 5.79. The van der Waals surface area contributed by atoms with Crippen LogP contribution in [0.15, 0.2) is 36.9 Å². The topological polar surface area (TPSA) is 67.4 Å². The monoisotopic (exact) mass is 266 g/mol. The summed E-state index contributed by atoms with van der Waals surface area (Å²) in [6.45, 7) is 3.64. The van der Waals surface area contributed by atoms with E-state index in [1.165, 1.54) is 6.08 Å². The molecule has 0 aliphatic carbocycles. The Bertz CT molecular complexity index is 501. The summed E-state index contributed by atoms with van der Waals surface area (Å²) in [6, 6.07) is 5.88. The number of carbonyl (C=O) groups is 2. The van der Waals surface area contributed by atoms with Gasteiger partial charge in [0.1, 0.15) is 0 Å². The maximum absolute atomic E-state index is 11.9. The minimum atomic E-state index is -1.52. The minimum Gasteiger partial charge on any atom is -0.339 e. The molecule has 0 saturated carbocycles. The lowest BCUT2D eigenvalue weighted by atomic mass is 10.0. The molecular formula is C12H11ClN2O3. The first kappa shape index (κ1) is 12.6. The molecule has 0 spiro atoms. The van der Waals surface area contributed by atoms with E-state index in [-0.39, 0.29) is 6.61 Å². The number of amides is 3. The van der Waals surface area contributed by atoms with Gasteiger partial charge >= 0.3 is 6.03 Å². The van der Waals surface area contributed by atoms with Gasteiger partial charge in [0.15, 0.2) is 0 Å². The van der Waals surface area contributed by atoms with Crippen LogP contribution >= 0.6 is 11.6 Å². The Morgan fingerprint density at radius 3 is 2.50 bits per heavy atom. The summed E-state index contributed by atoms with van der Waals surface area (Å²) < 4.78 is 5.44. The predicted octanol–water partition coefficient (Wildman–Crippen LogP) is 1.53. The van der Waals surface area contributed by atoms with Gasteiger partial charge in [0.25, 0.3) is 5.91 Å². The van der Waals surface area contributed by atoms with Crippen molar-refractivity contribution in [3.63, 3.8) is 0 Å². The van der Waals surface area contributed by atoms with Crippen LogP contribution in [0.4, 0.5) is 4.79 Å². The van der Waals surface area contributed by atoms with Crippen LogP contribution in [-0.2, 0) is 15.3 Å². The lowest BCUT2D eigenvalue weighted by Crippen LogP contribution is -2.46. The average Bonchev–Trinajstić information content (AvgIpc) is 2.63. The number of halogens is 1. The summed E-state index contributed by atoms with van der Waals surface area (Å²) in [5.41, 5.74) is -1.02. The third kappa shape index (κ3) is 2.10. The van der Waals surface area contributed by atoms with Gasteiger partial charge in [0.05, 0.1) is 6.61 Å². The van der Waals surface area contributed by atoms with Crippen molar-refractivity contribution in [3.05, 3.63) is 47.5 Å². The first-order valence-corrected chi connectivity index (χ1v) is 5.61. The largest absolute Gasteiger partial charge is 0.339 e. The van der Waals surface area contributed by atoms with Crippen molar-refractivity contribution in [2.24, 2.45) is 0 Å². The highest BCUT2D eigenvalue weighted by Gasteiger charge is 2.49. The van der Waals surface area contributed by atoms with Crippen molar-refractivity contribution in [1.29, 1.82) is 0 Å². The second kappa shape index (κ2) is 4.80. The zero-order valence-corrected chi connectivity index (χ0v) is 10.2. The number of ether oxygens (including phenoxy) is 1. The van der Waals surface area contributed by atoms with Gasteiger partial charge in [-0.1, -0.05) is 29.8 Å². The lowest BCUT2D eigenvalue weighted by molar-refractivity contribution is -0.144. The van der Waals surface area contributed by atoms with Crippen LogP contribution in [0.1, 0.15) is 5.56 Å². The third-order valence-electron chi connectivity index (χ3n) is 2.50. The van der Waals surface area contributed by atoms with Gasteiger partial charge in [-0.25, -0.2) is 4.79 Å². The Morgan fingerprint density at radius 1 is 1.33 bits per heavy atom. The molecule has 1 unspecified atom stereocenters. The molecule has 1 aromatic carbocycles. The number of nitrogens with one attached hydrogen (secondary N) is 2. The number of carbonyl (C=O) groups excluding carboxylic acids is 2. The molecule has 18 heavy (non-hydrogen) atoms. The van der Waals surface area contributed by atoms with Gasteiger partial charge in [0.2, 0.25) is 5.72 Å². The van der Waals surface area contributed by atoms with Crippen molar-refractivity contribution in [2.75, 3.05) is 6.61 Å². The maximum atomic E-state index is 11.9. The molecule has 1 heterocycles. The third-order valence-corrected chi connectivity index (χ3v) is 2.76. The molecule has 1 saturated heterocycles. The fraction of sp³-hybridized carbons (Fsp3) is 0.167. The lowest BCUT2D eigenvalue weighted by Gasteiger charge is -2.26. The van der Waals surface area contributed by atoms with E-state index in [0.717, 1.165) is 0 Å². The second-order valence-corrected chi connectivity index (χ2v) is 4.13. The highest BCUT2D eigenvalue weighted by atomic mass is 35.5. The quantitative estimate of drug-likeness (QED) is 0.642. The smallest absolute Gasteiger partial charge is 0.324 e. The Balaban J connectivity index is 2.41. The van der Waals surface area contributed by atoms with E-state index in [0.29, 0.717) is 10.6 Å². The Hall–Kier alpha value is -1.85. The molecule has 1 fully saturated rings. The van der Waals surface area contributed by atoms with Gasteiger partial charge < -0.3 is 4.74 Å². The van der Waals surface area contributed by atoms with E-state index in [1.807, 2.05) is 0 Å². The molecule has 6 heteroatoms. The van der Waals surface area contributed by atoms with E-state index in [4.69, 9.17) is 16.3 Å². The van der Waals surface area contributed by atoms with Crippen LogP contribution in [0.2, 0.25) is 5.02 Å². The molecule has 1 atom stereocenters. The van der Waals surface area contributed by atoms with Crippen molar-refractivity contribution < 1.29 is 14.3 Å².